The molecule has 0 bridgehead atoms. The highest BCUT2D eigenvalue weighted by Gasteiger charge is 2.20. The number of hydrogen-bond donors (Lipinski definition) is 3. The van der Waals surface area contributed by atoms with E-state index in [1.165, 1.54) is 385 Å². The Bertz CT molecular complexity index is 1290. The SMILES string of the molecule is CCCCCCCCCCCCCCCCCCCC(O)C(CO)NC(=O)CCCCCCCCCCCCCCCCCCC/C=C\CCCCCCCCCCCCCCCCCCCCOC(=O)CCCCCCCCCCCCCC. The molecule has 506 valence electrons. The first-order valence-corrected chi connectivity index (χ1v) is 39.4. The van der Waals surface area contributed by atoms with Crippen molar-refractivity contribution in [3.8, 4) is 0 Å². The second-order valence-electron chi connectivity index (χ2n) is 27.4. The lowest BCUT2D eigenvalue weighted by molar-refractivity contribution is -0.143. The van der Waals surface area contributed by atoms with Crippen LogP contribution >= 0.6 is 0 Å². The molecule has 0 aromatic carbocycles. The van der Waals surface area contributed by atoms with E-state index >= 15 is 0 Å². The van der Waals surface area contributed by atoms with Crippen LogP contribution in [0, 0.1) is 0 Å². The molecule has 0 aliphatic carbocycles. The van der Waals surface area contributed by atoms with Gasteiger partial charge in [-0.25, -0.2) is 0 Å². The summed E-state index contributed by atoms with van der Waals surface area (Å²) in [4.78, 5) is 24.6. The van der Waals surface area contributed by atoms with Gasteiger partial charge in [-0.15, -0.1) is 0 Å². The molecule has 6 heteroatoms. The molecule has 0 saturated heterocycles. The number of carbonyl (C=O) groups is 2. The summed E-state index contributed by atoms with van der Waals surface area (Å²) in [5.41, 5.74) is 0. The number of allylic oxidation sites excluding steroid dienone is 2. The maximum atomic E-state index is 12.5. The third-order valence-corrected chi connectivity index (χ3v) is 18.8. The van der Waals surface area contributed by atoms with Crippen molar-refractivity contribution in [1.29, 1.82) is 0 Å². The highest BCUT2D eigenvalue weighted by Crippen LogP contribution is 2.20. The predicted octanol–water partition coefficient (Wildman–Crippen LogP) is 25.9. The van der Waals surface area contributed by atoms with Gasteiger partial charge in [0.2, 0.25) is 5.91 Å². The highest BCUT2D eigenvalue weighted by molar-refractivity contribution is 5.76. The largest absolute Gasteiger partial charge is 0.466 e. The minimum atomic E-state index is -0.661. The fourth-order valence-corrected chi connectivity index (χ4v) is 12.8. The van der Waals surface area contributed by atoms with Gasteiger partial charge in [-0.3, -0.25) is 9.59 Å². The van der Waals surface area contributed by atoms with Gasteiger partial charge in [-0.2, -0.15) is 0 Å². The molecule has 2 atom stereocenters. The third kappa shape index (κ3) is 71.6. The van der Waals surface area contributed by atoms with Gasteiger partial charge in [0.25, 0.3) is 0 Å². The van der Waals surface area contributed by atoms with Gasteiger partial charge in [-0.05, 0) is 51.4 Å². The second kappa shape index (κ2) is 75.1. The monoisotopic (exact) mass is 1200 g/mol. The molecule has 0 fully saturated rings. The summed E-state index contributed by atoms with van der Waals surface area (Å²) in [5, 5.41) is 23.4. The minimum Gasteiger partial charge on any atom is -0.466 e. The molecule has 2 unspecified atom stereocenters. The summed E-state index contributed by atoms with van der Waals surface area (Å²) < 4.78 is 5.49. The van der Waals surface area contributed by atoms with Crippen molar-refractivity contribution in [3.63, 3.8) is 0 Å². The van der Waals surface area contributed by atoms with Gasteiger partial charge < -0.3 is 20.3 Å². The number of amides is 1. The van der Waals surface area contributed by atoms with Crippen LogP contribution in [0.1, 0.15) is 457 Å². The van der Waals surface area contributed by atoms with Crippen molar-refractivity contribution in [2.45, 2.75) is 469 Å². The van der Waals surface area contributed by atoms with Crippen LogP contribution in [0.3, 0.4) is 0 Å². The van der Waals surface area contributed by atoms with Crippen LogP contribution in [-0.2, 0) is 14.3 Å². The van der Waals surface area contributed by atoms with Gasteiger partial charge >= 0.3 is 5.97 Å². The smallest absolute Gasteiger partial charge is 0.305 e. The van der Waals surface area contributed by atoms with Crippen molar-refractivity contribution in [2.24, 2.45) is 0 Å². The number of ether oxygens (including phenoxy) is 1. The number of aliphatic hydroxyl groups is 2. The van der Waals surface area contributed by atoms with Gasteiger partial charge in [0.05, 0.1) is 25.4 Å². The Kier molecular flexibility index (Phi) is 73.8. The third-order valence-electron chi connectivity index (χ3n) is 18.8. The molecule has 85 heavy (non-hydrogen) atoms. The zero-order valence-corrected chi connectivity index (χ0v) is 58.1. The summed E-state index contributed by atoms with van der Waals surface area (Å²) >= 11 is 0. The Hall–Kier alpha value is -1.40. The highest BCUT2D eigenvalue weighted by atomic mass is 16.5. The molecular weight excluding hydrogens is 1040 g/mol. The van der Waals surface area contributed by atoms with E-state index < -0.39 is 12.1 Å². The summed E-state index contributed by atoms with van der Waals surface area (Å²) in [6, 6.07) is -0.538. The quantitative estimate of drug-likeness (QED) is 0.0320. The van der Waals surface area contributed by atoms with Crippen molar-refractivity contribution in [3.05, 3.63) is 12.2 Å². The topological polar surface area (TPSA) is 95.9 Å². The van der Waals surface area contributed by atoms with Crippen LogP contribution in [0.15, 0.2) is 12.2 Å². The van der Waals surface area contributed by atoms with Crippen LogP contribution in [0.2, 0.25) is 0 Å². The Balaban J connectivity index is 3.31. The Labute approximate surface area is 533 Å². The van der Waals surface area contributed by atoms with Gasteiger partial charge in [-0.1, -0.05) is 405 Å². The summed E-state index contributed by atoms with van der Waals surface area (Å²) in [6.07, 6.45) is 94.6. The van der Waals surface area contributed by atoms with Crippen molar-refractivity contribution < 1.29 is 24.5 Å². The molecule has 1 amide bonds. The van der Waals surface area contributed by atoms with E-state index in [0.717, 1.165) is 38.5 Å². The molecule has 6 nitrogen and oxygen atoms in total. The molecule has 0 aromatic heterocycles. The number of hydrogen-bond acceptors (Lipinski definition) is 5. The molecule has 0 aliphatic rings. The van der Waals surface area contributed by atoms with E-state index in [4.69, 9.17) is 4.74 Å². The molecular formula is C79H155NO5. The Morgan fingerprint density at radius 2 is 0.553 bits per heavy atom. The maximum absolute atomic E-state index is 12.5. The molecule has 0 radical (unpaired) electrons. The molecule has 0 heterocycles. The normalized spacial score (nSPS) is 12.5. The van der Waals surface area contributed by atoms with Crippen molar-refractivity contribution in [2.75, 3.05) is 13.2 Å². The average molecular weight is 1200 g/mol. The van der Waals surface area contributed by atoms with Crippen molar-refractivity contribution in [1.82, 2.24) is 5.32 Å². The number of esters is 1. The molecule has 3 N–H and O–H groups in total. The van der Waals surface area contributed by atoms with Gasteiger partial charge in [0, 0.05) is 12.8 Å². The lowest BCUT2D eigenvalue weighted by Crippen LogP contribution is -2.45. The van der Waals surface area contributed by atoms with Crippen molar-refractivity contribution >= 4 is 11.9 Å². The zero-order valence-electron chi connectivity index (χ0n) is 58.1. The first kappa shape index (κ1) is 83.6. The molecule has 0 aromatic rings. The zero-order chi connectivity index (χ0) is 61.3. The Morgan fingerprint density at radius 1 is 0.318 bits per heavy atom. The first-order valence-electron chi connectivity index (χ1n) is 39.4. The van der Waals surface area contributed by atoms with Crippen LogP contribution in [0.25, 0.3) is 0 Å². The van der Waals surface area contributed by atoms with Crippen LogP contribution in [-0.4, -0.2) is 47.4 Å². The maximum Gasteiger partial charge on any atom is 0.305 e. The number of nitrogens with one attached hydrogen (secondary N) is 1. The fraction of sp³-hybridized carbons (Fsp3) is 0.949. The Morgan fingerprint density at radius 3 is 0.835 bits per heavy atom. The lowest BCUT2D eigenvalue weighted by atomic mass is 10.0. The molecule has 0 saturated carbocycles. The molecule has 0 spiro atoms. The summed E-state index contributed by atoms with van der Waals surface area (Å²) in [5.74, 6) is -0.00185. The van der Waals surface area contributed by atoms with E-state index in [2.05, 4.69) is 31.3 Å². The number of unbranched alkanes of at least 4 members (excludes halogenated alkanes) is 62. The lowest BCUT2D eigenvalue weighted by Gasteiger charge is -2.22. The standard InChI is InChI=1S/C79H155NO5/c1-3-5-7-9-11-13-15-17-18-42-45-48-51-55-59-63-67-71-77(82)76(75-81)80-78(83)72-68-64-60-56-52-49-46-43-40-38-36-34-32-30-28-26-24-22-20-19-21-23-25-27-29-31-33-35-37-39-41-44-47-50-54-58-62-66-70-74-85-79(84)73-69-65-61-57-53-16-14-12-10-8-6-4-2/h19-20,76-77,81-82H,3-18,21-75H2,1-2H3,(H,80,83)/b20-19-. The fourth-order valence-electron chi connectivity index (χ4n) is 12.8. The van der Waals surface area contributed by atoms with E-state index in [1.807, 2.05) is 0 Å². The second-order valence-corrected chi connectivity index (χ2v) is 27.4. The van der Waals surface area contributed by atoms with Gasteiger partial charge in [0.1, 0.15) is 0 Å². The predicted molar refractivity (Wildman–Crippen MR) is 375 cm³/mol. The number of rotatable bonds is 75. The average Bonchev–Trinajstić information content (AvgIpc) is 3.53. The number of aliphatic hydroxyl groups excluding tert-OH is 2. The van der Waals surface area contributed by atoms with E-state index in [0.29, 0.717) is 25.9 Å². The molecule has 0 aliphatic heterocycles. The molecule has 0 rings (SSSR count). The summed E-state index contributed by atoms with van der Waals surface area (Å²) in [7, 11) is 0. The van der Waals surface area contributed by atoms with Crippen LogP contribution in [0.4, 0.5) is 0 Å². The van der Waals surface area contributed by atoms with E-state index in [1.54, 1.807) is 0 Å². The minimum absolute atomic E-state index is 0.0242. The summed E-state index contributed by atoms with van der Waals surface area (Å²) in [6.45, 7) is 5.00. The first-order chi connectivity index (χ1) is 42.0. The number of carbonyl (C=O) groups excluding carboxylic acids is 2. The van der Waals surface area contributed by atoms with Gasteiger partial charge in [0.15, 0.2) is 0 Å². The van der Waals surface area contributed by atoms with Crippen LogP contribution in [0.5, 0.6) is 0 Å². The van der Waals surface area contributed by atoms with E-state index in [9.17, 15) is 19.8 Å². The van der Waals surface area contributed by atoms with Crippen LogP contribution < -0.4 is 5.32 Å². The van der Waals surface area contributed by atoms with E-state index in [-0.39, 0.29) is 18.5 Å².